The molecule has 0 unspecified atom stereocenters. The Bertz CT molecular complexity index is 546. The number of thioether (sulfide) groups is 1. The molecule has 0 aromatic carbocycles. The second kappa shape index (κ2) is 4.92. The number of aromatic nitrogens is 3. The van der Waals surface area contributed by atoms with Gasteiger partial charge in [0.05, 0.1) is 0 Å². The largest absolute Gasteiger partial charge is 0.477 e. The van der Waals surface area contributed by atoms with Crippen molar-refractivity contribution in [2.24, 2.45) is 0 Å². The van der Waals surface area contributed by atoms with Crippen LogP contribution in [0.3, 0.4) is 0 Å². The van der Waals surface area contributed by atoms with Crippen LogP contribution in [0.25, 0.3) is 11.4 Å². The fourth-order valence-corrected chi connectivity index (χ4v) is 1.67. The van der Waals surface area contributed by atoms with E-state index in [4.69, 9.17) is 5.11 Å². The standard InChI is InChI=1S/C11H9N3O2S/c1-17-9-5-8(11(15)16)13-10(14-9)7-3-2-4-12-6-7/h2-6H,1H3,(H,15,16). The molecule has 0 aliphatic heterocycles. The lowest BCUT2D eigenvalue weighted by atomic mass is 10.2. The number of hydrogen-bond donors (Lipinski definition) is 1. The Kier molecular flexibility index (Phi) is 3.34. The molecule has 5 nitrogen and oxygen atoms in total. The van der Waals surface area contributed by atoms with Crippen LogP contribution in [0.2, 0.25) is 0 Å². The normalized spacial score (nSPS) is 10.2. The highest BCUT2D eigenvalue weighted by atomic mass is 32.2. The van der Waals surface area contributed by atoms with Gasteiger partial charge in [-0.1, -0.05) is 0 Å². The van der Waals surface area contributed by atoms with Crippen molar-refractivity contribution in [3.8, 4) is 11.4 Å². The van der Waals surface area contributed by atoms with Crippen molar-refractivity contribution in [3.63, 3.8) is 0 Å². The van der Waals surface area contributed by atoms with E-state index < -0.39 is 5.97 Å². The van der Waals surface area contributed by atoms with E-state index in [1.807, 2.05) is 6.26 Å². The number of pyridine rings is 1. The third-order valence-electron chi connectivity index (χ3n) is 2.05. The molecule has 2 aromatic heterocycles. The first kappa shape index (κ1) is 11.5. The first-order valence-corrected chi connectivity index (χ1v) is 6.00. The van der Waals surface area contributed by atoms with E-state index >= 15 is 0 Å². The maximum atomic E-state index is 10.9. The van der Waals surface area contributed by atoms with Gasteiger partial charge in [0.2, 0.25) is 0 Å². The fraction of sp³-hybridized carbons (Fsp3) is 0.0909. The van der Waals surface area contributed by atoms with Crippen LogP contribution in [-0.2, 0) is 0 Å². The van der Waals surface area contributed by atoms with Crippen molar-refractivity contribution >= 4 is 17.7 Å². The number of hydrogen-bond acceptors (Lipinski definition) is 5. The molecule has 0 aliphatic rings. The van der Waals surface area contributed by atoms with Crippen LogP contribution in [0.5, 0.6) is 0 Å². The van der Waals surface area contributed by atoms with Crippen molar-refractivity contribution in [2.45, 2.75) is 5.03 Å². The summed E-state index contributed by atoms with van der Waals surface area (Å²) in [6.07, 6.45) is 5.08. The molecule has 0 fully saturated rings. The molecule has 2 aromatic rings. The molecule has 6 heteroatoms. The Morgan fingerprint density at radius 1 is 1.41 bits per heavy atom. The first-order valence-electron chi connectivity index (χ1n) is 4.77. The number of aromatic carboxylic acids is 1. The van der Waals surface area contributed by atoms with E-state index in [1.54, 1.807) is 24.5 Å². The summed E-state index contributed by atoms with van der Waals surface area (Å²) in [7, 11) is 0. The molecule has 0 amide bonds. The molecule has 1 N–H and O–H groups in total. The molecule has 86 valence electrons. The maximum Gasteiger partial charge on any atom is 0.354 e. The third kappa shape index (κ3) is 2.59. The lowest BCUT2D eigenvalue weighted by Crippen LogP contribution is -2.04. The van der Waals surface area contributed by atoms with Crippen LogP contribution in [-0.4, -0.2) is 32.3 Å². The van der Waals surface area contributed by atoms with Crippen LogP contribution in [0.4, 0.5) is 0 Å². The molecule has 0 aliphatic carbocycles. The minimum absolute atomic E-state index is 0.0109. The van der Waals surface area contributed by atoms with Gasteiger partial charge in [-0.05, 0) is 18.4 Å². The Hall–Kier alpha value is -1.95. The van der Waals surface area contributed by atoms with Crippen LogP contribution < -0.4 is 0 Å². The zero-order valence-corrected chi connectivity index (χ0v) is 9.81. The predicted octanol–water partition coefficient (Wildman–Crippen LogP) is 1.96. The van der Waals surface area contributed by atoms with Gasteiger partial charge in [-0.2, -0.15) is 0 Å². The summed E-state index contributed by atoms with van der Waals surface area (Å²) in [5, 5.41) is 9.58. The molecular formula is C11H9N3O2S. The van der Waals surface area contributed by atoms with Gasteiger partial charge in [0.25, 0.3) is 0 Å². The topological polar surface area (TPSA) is 76.0 Å². The Morgan fingerprint density at radius 3 is 2.82 bits per heavy atom. The lowest BCUT2D eigenvalue weighted by molar-refractivity contribution is 0.0690. The van der Waals surface area contributed by atoms with Gasteiger partial charge in [-0.15, -0.1) is 11.8 Å². The Balaban J connectivity index is 2.54. The van der Waals surface area contributed by atoms with Gasteiger partial charge in [0.1, 0.15) is 5.03 Å². The van der Waals surface area contributed by atoms with Crippen molar-refractivity contribution < 1.29 is 9.90 Å². The van der Waals surface area contributed by atoms with E-state index in [1.165, 1.54) is 17.8 Å². The van der Waals surface area contributed by atoms with Gasteiger partial charge in [0.15, 0.2) is 11.5 Å². The van der Waals surface area contributed by atoms with E-state index in [-0.39, 0.29) is 5.69 Å². The number of nitrogens with zero attached hydrogens (tertiary/aromatic N) is 3. The minimum atomic E-state index is -1.06. The van der Waals surface area contributed by atoms with E-state index in [0.717, 1.165) is 0 Å². The lowest BCUT2D eigenvalue weighted by Gasteiger charge is -2.03. The van der Waals surface area contributed by atoms with E-state index in [0.29, 0.717) is 16.4 Å². The van der Waals surface area contributed by atoms with Crippen LogP contribution in [0.1, 0.15) is 10.5 Å². The van der Waals surface area contributed by atoms with Crippen LogP contribution in [0, 0.1) is 0 Å². The van der Waals surface area contributed by atoms with Gasteiger partial charge >= 0.3 is 5.97 Å². The van der Waals surface area contributed by atoms with Crippen LogP contribution >= 0.6 is 11.8 Å². The fourth-order valence-electron chi connectivity index (χ4n) is 1.26. The Labute approximate surface area is 102 Å². The zero-order valence-electron chi connectivity index (χ0n) is 8.99. The SMILES string of the molecule is CSc1cc(C(=O)O)nc(-c2cccnc2)n1. The monoisotopic (exact) mass is 247 g/mol. The molecule has 0 saturated heterocycles. The summed E-state index contributed by atoms with van der Waals surface area (Å²) in [4.78, 5) is 23.1. The van der Waals surface area contributed by atoms with Crippen molar-refractivity contribution in [1.29, 1.82) is 0 Å². The average molecular weight is 247 g/mol. The molecule has 0 atom stereocenters. The summed E-state index contributed by atoms with van der Waals surface area (Å²) in [6, 6.07) is 5.00. The summed E-state index contributed by atoms with van der Waals surface area (Å²) in [5.74, 6) is -0.685. The highest BCUT2D eigenvalue weighted by Crippen LogP contribution is 2.19. The average Bonchev–Trinajstić information content (AvgIpc) is 2.39. The van der Waals surface area contributed by atoms with Crippen molar-refractivity contribution in [1.82, 2.24) is 15.0 Å². The van der Waals surface area contributed by atoms with Gasteiger partial charge in [-0.3, -0.25) is 4.98 Å². The maximum absolute atomic E-state index is 10.9. The van der Waals surface area contributed by atoms with Crippen molar-refractivity contribution in [2.75, 3.05) is 6.26 Å². The number of rotatable bonds is 3. The summed E-state index contributed by atoms with van der Waals surface area (Å²) in [6.45, 7) is 0. The molecule has 0 saturated carbocycles. The second-order valence-corrected chi connectivity index (χ2v) is 3.99. The smallest absolute Gasteiger partial charge is 0.354 e. The molecule has 2 heterocycles. The molecule has 17 heavy (non-hydrogen) atoms. The third-order valence-corrected chi connectivity index (χ3v) is 2.68. The van der Waals surface area contributed by atoms with Crippen LogP contribution in [0.15, 0.2) is 35.6 Å². The number of carboxylic acids is 1. The Morgan fingerprint density at radius 2 is 2.24 bits per heavy atom. The number of carboxylic acid groups (broad SMARTS) is 1. The molecule has 2 rings (SSSR count). The summed E-state index contributed by atoms with van der Waals surface area (Å²) < 4.78 is 0. The predicted molar refractivity (Wildman–Crippen MR) is 64.0 cm³/mol. The van der Waals surface area contributed by atoms with Crippen molar-refractivity contribution in [3.05, 3.63) is 36.3 Å². The minimum Gasteiger partial charge on any atom is -0.477 e. The summed E-state index contributed by atoms with van der Waals surface area (Å²) in [5.41, 5.74) is 0.689. The van der Waals surface area contributed by atoms with E-state index in [2.05, 4.69) is 15.0 Å². The van der Waals surface area contributed by atoms with Gasteiger partial charge < -0.3 is 5.11 Å². The van der Waals surface area contributed by atoms with Gasteiger partial charge in [0, 0.05) is 24.0 Å². The van der Waals surface area contributed by atoms with Gasteiger partial charge in [-0.25, -0.2) is 14.8 Å². The van der Waals surface area contributed by atoms with E-state index in [9.17, 15) is 4.79 Å². The number of carbonyl (C=O) groups is 1. The highest BCUT2D eigenvalue weighted by molar-refractivity contribution is 7.98. The molecule has 0 bridgehead atoms. The molecular weight excluding hydrogens is 238 g/mol. The highest BCUT2D eigenvalue weighted by Gasteiger charge is 2.11. The first-order chi connectivity index (χ1) is 8.20. The molecule has 0 radical (unpaired) electrons. The second-order valence-electron chi connectivity index (χ2n) is 3.17. The molecule has 0 spiro atoms. The summed E-state index contributed by atoms with van der Waals surface area (Å²) >= 11 is 1.37. The quantitative estimate of drug-likeness (QED) is 0.660. The zero-order chi connectivity index (χ0) is 12.3.